The summed E-state index contributed by atoms with van der Waals surface area (Å²) in [6, 6.07) is 7.14. The largest absolute Gasteiger partial charge is 0.367 e. The Morgan fingerprint density at radius 3 is 2.76 bits per heavy atom. The van der Waals surface area contributed by atoms with Crippen molar-refractivity contribution in [3.8, 4) is 0 Å². The van der Waals surface area contributed by atoms with Crippen LogP contribution in [-0.4, -0.2) is 26.7 Å². The molecule has 1 aliphatic rings. The number of rotatable bonds is 6. The Labute approximate surface area is 174 Å². The molecule has 29 heavy (non-hydrogen) atoms. The average molecular weight is 417 g/mol. The Balaban J connectivity index is 1.73. The van der Waals surface area contributed by atoms with Crippen LogP contribution in [0.4, 0.5) is 21.7 Å². The van der Waals surface area contributed by atoms with E-state index in [1.54, 1.807) is 22.8 Å². The van der Waals surface area contributed by atoms with Crippen molar-refractivity contribution >= 4 is 34.6 Å². The number of nitrogens with zero attached hydrogens (tertiary/aromatic N) is 3. The number of hydrogen-bond donors (Lipinski definition) is 3. The highest BCUT2D eigenvalue weighted by Gasteiger charge is 2.22. The summed E-state index contributed by atoms with van der Waals surface area (Å²) in [5.74, 6) is 1.25. The molecule has 1 saturated carbocycles. The van der Waals surface area contributed by atoms with Crippen LogP contribution in [0.3, 0.4) is 0 Å². The SMILES string of the molecule is CCCc1c(NC2CCC(N)CC2)nc2ccnn2c1Nc1ccc(F)c(Cl)c1. The second-order valence-corrected chi connectivity index (χ2v) is 8.06. The third-order valence-corrected chi connectivity index (χ3v) is 5.72. The van der Waals surface area contributed by atoms with Gasteiger partial charge in [0, 0.05) is 29.4 Å². The standard InChI is InChI=1S/C21H26ClFN6/c1-2-3-16-20(26-14-6-4-13(24)5-7-14)28-19-10-11-25-29(19)21(16)27-15-8-9-18(23)17(22)12-15/h8-14,27H,2-7,24H2,1H3,(H,26,28). The number of fused-ring (bicyclic) bond motifs is 1. The highest BCUT2D eigenvalue weighted by Crippen LogP contribution is 2.31. The number of nitrogens with two attached hydrogens (primary N) is 1. The summed E-state index contributed by atoms with van der Waals surface area (Å²) in [5, 5.41) is 11.6. The van der Waals surface area contributed by atoms with Gasteiger partial charge >= 0.3 is 0 Å². The first-order valence-corrected chi connectivity index (χ1v) is 10.5. The van der Waals surface area contributed by atoms with Gasteiger partial charge in [0.05, 0.1) is 11.2 Å². The molecule has 3 aromatic rings. The molecule has 154 valence electrons. The Bertz CT molecular complexity index is 996. The molecule has 0 radical (unpaired) electrons. The van der Waals surface area contributed by atoms with Gasteiger partial charge in [-0.25, -0.2) is 9.37 Å². The van der Waals surface area contributed by atoms with Gasteiger partial charge in [0.15, 0.2) is 5.65 Å². The minimum Gasteiger partial charge on any atom is -0.367 e. The third kappa shape index (κ3) is 4.31. The van der Waals surface area contributed by atoms with Crippen molar-refractivity contribution in [1.82, 2.24) is 14.6 Å². The Morgan fingerprint density at radius 2 is 2.03 bits per heavy atom. The lowest BCUT2D eigenvalue weighted by Gasteiger charge is -2.28. The second kappa shape index (κ2) is 8.55. The molecule has 0 saturated heterocycles. The van der Waals surface area contributed by atoms with Crippen molar-refractivity contribution < 1.29 is 4.39 Å². The fraction of sp³-hybridized carbons (Fsp3) is 0.429. The molecule has 6 nitrogen and oxygen atoms in total. The van der Waals surface area contributed by atoms with E-state index in [4.69, 9.17) is 22.3 Å². The summed E-state index contributed by atoms with van der Waals surface area (Å²) in [4.78, 5) is 4.83. The number of nitrogens with one attached hydrogen (secondary N) is 2. The Kier molecular flexibility index (Phi) is 5.87. The number of halogens is 2. The molecule has 0 atom stereocenters. The predicted molar refractivity (Wildman–Crippen MR) is 116 cm³/mol. The van der Waals surface area contributed by atoms with Crippen molar-refractivity contribution in [2.24, 2.45) is 5.73 Å². The molecule has 1 aromatic carbocycles. The first kappa shape index (κ1) is 19.9. The highest BCUT2D eigenvalue weighted by atomic mass is 35.5. The van der Waals surface area contributed by atoms with E-state index in [2.05, 4.69) is 22.7 Å². The molecule has 0 unspecified atom stereocenters. The molecule has 1 fully saturated rings. The molecule has 0 aliphatic heterocycles. The van der Waals surface area contributed by atoms with E-state index in [1.807, 2.05) is 6.07 Å². The lowest BCUT2D eigenvalue weighted by molar-refractivity contribution is 0.410. The van der Waals surface area contributed by atoms with E-state index in [9.17, 15) is 4.39 Å². The quantitative estimate of drug-likeness (QED) is 0.532. The molecule has 2 heterocycles. The first-order chi connectivity index (χ1) is 14.0. The second-order valence-electron chi connectivity index (χ2n) is 7.65. The summed E-state index contributed by atoms with van der Waals surface area (Å²) in [6.07, 6.45) is 7.63. The summed E-state index contributed by atoms with van der Waals surface area (Å²) < 4.78 is 15.4. The molecule has 0 bridgehead atoms. The monoisotopic (exact) mass is 416 g/mol. The molecule has 4 rings (SSSR count). The van der Waals surface area contributed by atoms with Crippen molar-refractivity contribution in [3.63, 3.8) is 0 Å². The zero-order valence-electron chi connectivity index (χ0n) is 16.5. The normalized spacial score (nSPS) is 19.4. The average Bonchev–Trinajstić information content (AvgIpc) is 3.17. The van der Waals surface area contributed by atoms with Gasteiger partial charge in [0.25, 0.3) is 0 Å². The van der Waals surface area contributed by atoms with Gasteiger partial charge in [-0.1, -0.05) is 24.9 Å². The minimum absolute atomic E-state index is 0.0784. The van der Waals surface area contributed by atoms with Crippen molar-refractivity contribution in [3.05, 3.63) is 46.9 Å². The maximum atomic E-state index is 13.6. The van der Waals surface area contributed by atoms with Crippen LogP contribution in [0.15, 0.2) is 30.5 Å². The molecule has 0 spiro atoms. The van der Waals surface area contributed by atoms with Gasteiger partial charge in [-0.2, -0.15) is 9.61 Å². The predicted octanol–water partition coefficient (Wildman–Crippen LogP) is 4.90. The summed E-state index contributed by atoms with van der Waals surface area (Å²) in [6.45, 7) is 2.13. The number of hydrogen-bond acceptors (Lipinski definition) is 5. The van der Waals surface area contributed by atoms with Gasteiger partial charge in [-0.3, -0.25) is 0 Å². The van der Waals surface area contributed by atoms with Crippen LogP contribution in [0.25, 0.3) is 5.65 Å². The highest BCUT2D eigenvalue weighted by molar-refractivity contribution is 6.31. The minimum atomic E-state index is -0.442. The molecular formula is C21H26ClFN6. The first-order valence-electron chi connectivity index (χ1n) is 10.2. The van der Waals surface area contributed by atoms with E-state index in [0.717, 1.165) is 61.4 Å². The van der Waals surface area contributed by atoms with Crippen LogP contribution in [0.2, 0.25) is 5.02 Å². The summed E-state index contributed by atoms with van der Waals surface area (Å²) in [5.41, 5.74) is 8.56. The molecule has 8 heteroatoms. The van der Waals surface area contributed by atoms with Gasteiger partial charge in [-0.15, -0.1) is 0 Å². The van der Waals surface area contributed by atoms with Gasteiger partial charge in [0.2, 0.25) is 0 Å². The maximum absolute atomic E-state index is 13.6. The van der Waals surface area contributed by atoms with Crippen LogP contribution in [-0.2, 0) is 6.42 Å². The van der Waals surface area contributed by atoms with Gasteiger partial charge in [-0.05, 0) is 50.3 Å². The molecule has 2 aromatic heterocycles. The smallest absolute Gasteiger partial charge is 0.159 e. The lowest BCUT2D eigenvalue weighted by atomic mass is 9.91. The van der Waals surface area contributed by atoms with Crippen LogP contribution < -0.4 is 16.4 Å². The summed E-state index contributed by atoms with van der Waals surface area (Å²) >= 11 is 5.98. The van der Waals surface area contributed by atoms with E-state index in [1.165, 1.54) is 6.07 Å². The van der Waals surface area contributed by atoms with E-state index < -0.39 is 5.82 Å². The topological polar surface area (TPSA) is 80.3 Å². The van der Waals surface area contributed by atoms with E-state index in [0.29, 0.717) is 17.8 Å². The number of anilines is 3. The fourth-order valence-corrected chi connectivity index (χ4v) is 4.06. The fourth-order valence-electron chi connectivity index (χ4n) is 3.88. The van der Waals surface area contributed by atoms with Gasteiger partial charge < -0.3 is 16.4 Å². The zero-order valence-corrected chi connectivity index (χ0v) is 17.2. The van der Waals surface area contributed by atoms with Crippen LogP contribution in [0.5, 0.6) is 0 Å². The molecule has 1 aliphatic carbocycles. The number of aromatic nitrogens is 3. The van der Waals surface area contributed by atoms with Crippen LogP contribution in [0.1, 0.15) is 44.6 Å². The van der Waals surface area contributed by atoms with Crippen LogP contribution in [0, 0.1) is 5.82 Å². The van der Waals surface area contributed by atoms with Crippen LogP contribution >= 0.6 is 11.6 Å². The maximum Gasteiger partial charge on any atom is 0.159 e. The Hall–Kier alpha value is -2.38. The molecule has 0 amide bonds. The Morgan fingerprint density at radius 1 is 1.24 bits per heavy atom. The number of benzene rings is 1. The summed E-state index contributed by atoms with van der Waals surface area (Å²) in [7, 11) is 0. The zero-order chi connectivity index (χ0) is 20.4. The van der Waals surface area contributed by atoms with Crippen molar-refractivity contribution in [1.29, 1.82) is 0 Å². The molecular weight excluding hydrogens is 391 g/mol. The molecule has 4 N–H and O–H groups in total. The lowest BCUT2D eigenvalue weighted by Crippen LogP contribution is -2.33. The van der Waals surface area contributed by atoms with Gasteiger partial charge in [0.1, 0.15) is 17.5 Å². The van der Waals surface area contributed by atoms with E-state index in [-0.39, 0.29) is 5.02 Å². The van der Waals surface area contributed by atoms with Crippen molar-refractivity contribution in [2.45, 2.75) is 57.5 Å². The van der Waals surface area contributed by atoms with Crippen molar-refractivity contribution in [2.75, 3.05) is 10.6 Å². The van der Waals surface area contributed by atoms with E-state index >= 15 is 0 Å². The third-order valence-electron chi connectivity index (χ3n) is 5.43.